The second-order valence-corrected chi connectivity index (χ2v) is 7.28. The highest BCUT2D eigenvalue weighted by Gasteiger charge is 2.43. The molecule has 0 N–H and O–H groups in total. The molecule has 4 atom stereocenters. The maximum Gasteiger partial charge on any atom is 0.339 e. The van der Waals surface area contributed by atoms with Crippen molar-refractivity contribution in [1.82, 2.24) is 0 Å². The second kappa shape index (κ2) is 6.52. The SMILES string of the molecule is CCCC1CCC2C(C(=O)Oc3ccc(C4CO4)c(F)c3F)=CCC12. The number of ether oxygens (including phenoxy) is 2. The highest BCUT2D eigenvalue weighted by molar-refractivity contribution is 5.91. The van der Waals surface area contributed by atoms with E-state index in [-0.39, 0.29) is 23.3 Å². The fraction of sp³-hybridized carbons (Fsp3) is 0.550. The summed E-state index contributed by atoms with van der Waals surface area (Å²) in [6.07, 6.45) is 6.87. The Bertz CT molecular complexity index is 724. The first-order valence-corrected chi connectivity index (χ1v) is 9.11. The number of halogens is 2. The molecule has 0 bridgehead atoms. The topological polar surface area (TPSA) is 38.8 Å². The van der Waals surface area contributed by atoms with Crippen LogP contribution in [0.4, 0.5) is 8.78 Å². The summed E-state index contributed by atoms with van der Waals surface area (Å²) < 4.78 is 38.5. The van der Waals surface area contributed by atoms with Crippen molar-refractivity contribution in [1.29, 1.82) is 0 Å². The summed E-state index contributed by atoms with van der Waals surface area (Å²) in [7, 11) is 0. The van der Waals surface area contributed by atoms with E-state index in [1.807, 2.05) is 6.08 Å². The Kier molecular flexibility index (Phi) is 4.36. The van der Waals surface area contributed by atoms with E-state index in [2.05, 4.69) is 6.92 Å². The summed E-state index contributed by atoms with van der Waals surface area (Å²) in [5, 5.41) is 0. The third-order valence-electron chi connectivity index (χ3n) is 5.83. The largest absolute Gasteiger partial charge is 0.420 e. The molecule has 4 rings (SSSR count). The Morgan fingerprint density at radius 3 is 2.80 bits per heavy atom. The maximum atomic E-state index is 14.2. The molecule has 2 aliphatic carbocycles. The van der Waals surface area contributed by atoms with Gasteiger partial charge in [-0.3, -0.25) is 0 Å². The Morgan fingerprint density at radius 2 is 2.08 bits per heavy atom. The number of hydrogen-bond donors (Lipinski definition) is 0. The zero-order valence-electron chi connectivity index (χ0n) is 14.3. The molecule has 1 aromatic rings. The van der Waals surface area contributed by atoms with Gasteiger partial charge in [0.15, 0.2) is 11.6 Å². The average Bonchev–Trinajstić information content (AvgIpc) is 3.22. The molecule has 25 heavy (non-hydrogen) atoms. The second-order valence-electron chi connectivity index (χ2n) is 7.28. The first-order chi connectivity index (χ1) is 12.1. The van der Waals surface area contributed by atoms with E-state index >= 15 is 0 Å². The van der Waals surface area contributed by atoms with E-state index in [0.29, 0.717) is 24.0 Å². The van der Waals surface area contributed by atoms with Crippen LogP contribution in [-0.2, 0) is 9.53 Å². The molecule has 1 heterocycles. The van der Waals surface area contributed by atoms with Crippen LogP contribution in [0.1, 0.15) is 50.7 Å². The average molecular weight is 348 g/mol. The number of fused-ring (bicyclic) bond motifs is 1. The molecule has 1 saturated heterocycles. The van der Waals surface area contributed by atoms with Crippen LogP contribution >= 0.6 is 0 Å². The maximum absolute atomic E-state index is 14.2. The lowest BCUT2D eigenvalue weighted by Gasteiger charge is -2.19. The number of esters is 1. The Balaban J connectivity index is 1.47. The molecule has 0 amide bonds. The standard InChI is InChI=1S/C20H22F2O3/c1-2-3-11-4-5-13-12(11)6-7-14(13)20(23)25-16-9-8-15(17-10-24-17)18(21)19(16)22/h7-9,11-13,17H,2-6,10H2,1H3. The van der Waals surface area contributed by atoms with Crippen molar-refractivity contribution in [2.45, 2.75) is 45.1 Å². The molecule has 5 heteroatoms. The summed E-state index contributed by atoms with van der Waals surface area (Å²) in [5.74, 6) is -1.64. The predicted octanol–water partition coefficient (Wildman–Crippen LogP) is 4.71. The van der Waals surface area contributed by atoms with Gasteiger partial charge in [-0.05, 0) is 49.1 Å². The molecule has 0 spiro atoms. The van der Waals surface area contributed by atoms with Gasteiger partial charge in [0.1, 0.15) is 6.10 Å². The molecule has 0 aromatic heterocycles. The van der Waals surface area contributed by atoms with E-state index in [0.717, 1.165) is 25.7 Å². The first kappa shape index (κ1) is 16.7. The van der Waals surface area contributed by atoms with Gasteiger partial charge in [0.25, 0.3) is 0 Å². The lowest BCUT2D eigenvalue weighted by atomic mass is 9.87. The van der Waals surface area contributed by atoms with Crippen LogP contribution in [0.15, 0.2) is 23.8 Å². The summed E-state index contributed by atoms with van der Waals surface area (Å²) in [4.78, 5) is 12.5. The molecule has 4 unspecified atom stereocenters. The van der Waals surface area contributed by atoms with Crippen molar-refractivity contribution in [2.75, 3.05) is 6.61 Å². The van der Waals surface area contributed by atoms with E-state index in [1.54, 1.807) is 0 Å². The summed E-state index contributed by atoms with van der Waals surface area (Å²) >= 11 is 0. The van der Waals surface area contributed by atoms with Gasteiger partial charge in [-0.25, -0.2) is 9.18 Å². The summed E-state index contributed by atoms with van der Waals surface area (Å²) in [6, 6.07) is 2.74. The number of allylic oxidation sites excluding steroid dienone is 1. The van der Waals surface area contributed by atoms with Crippen LogP contribution in [0.3, 0.4) is 0 Å². The summed E-state index contributed by atoms with van der Waals surface area (Å²) in [5.41, 5.74) is 0.814. The lowest BCUT2D eigenvalue weighted by Crippen LogP contribution is -2.19. The molecule has 0 radical (unpaired) electrons. The number of carbonyl (C=O) groups is 1. The van der Waals surface area contributed by atoms with Crippen LogP contribution in [0.25, 0.3) is 0 Å². The van der Waals surface area contributed by atoms with Gasteiger partial charge in [0.05, 0.1) is 6.61 Å². The van der Waals surface area contributed by atoms with Gasteiger partial charge < -0.3 is 9.47 Å². The van der Waals surface area contributed by atoms with Crippen LogP contribution < -0.4 is 4.74 Å². The minimum Gasteiger partial charge on any atom is -0.420 e. The van der Waals surface area contributed by atoms with Crippen molar-refractivity contribution in [3.63, 3.8) is 0 Å². The number of benzene rings is 1. The lowest BCUT2D eigenvalue weighted by molar-refractivity contribution is -0.131. The minimum atomic E-state index is -1.12. The highest BCUT2D eigenvalue weighted by Crippen LogP contribution is 2.49. The van der Waals surface area contributed by atoms with E-state index < -0.39 is 17.6 Å². The fourth-order valence-corrected chi connectivity index (χ4v) is 4.53. The van der Waals surface area contributed by atoms with Crippen molar-refractivity contribution in [3.8, 4) is 5.75 Å². The molecular formula is C20H22F2O3. The van der Waals surface area contributed by atoms with Gasteiger partial charge in [0, 0.05) is 11.1 Å². The fourth-order valence-electron chi connectivity index (χ4n) is 4.53. The predicted molar refractivity (Wildman–Crippen MR) is 88.0 cm³/mol. The van der Waals surface area contributed by atoms with Gasteiger partial charge in [0.2, 0.25) is 5.82 Å². The first-order valence-electron chi connectivity index (χ1n) is 9.11. The number of epoxide rings is 1. The van der Waals surface area contributed by atoms with Gasteiger partial charge in [-0.15, -0.1) is 0 Å². The van der Waals surface area contributed by atoms with Crippen LogP contribution in [0, 0.1) is 29.4 Å². The monoisotopic (exact) mass is 348 g/mol. The van der Waals surface area contributed by atoms with Crippen LogP contribution in [0.5, 0.6) is 5.75 Å². The van der Waals surface area contributed by atoms with Crippen LogP contribution in [0.2, 0.25) is 0 Å². The number of carbonyl (C=O) groups excluding carboxylic acids is 1. The Morgan fingerprint density at radius 1 is 1.28 bits per heavy atom. The van der Waals surface area contributed by atoms with Crippen molar-refractivity contribution >= 4 is 5.97 Å². The van der Waals surface area contributed by atoms with Gasteiger partial charge >= 0.3 is 5.97 Å². The Labute approximate surface area is 146 Å². The highest BCUT2D eigenvalue weighted by atomic mass is 19.2. The molecule has 3 aliphatic rings. The van der Waals surface area contributed by atoms with E-state index in [4.69, 9.17) is 9.47 Å². The molecule has 3 nitrogen and oxygen atoms in total. The van der Waals surface area contributed by atoms with E-state index in [1.165, 1.54) is 18.6 Å². The van der Waals surface area contributed by atoms with Crippen molar-refractivity contribution in [2.24, 2.45) is 17.8 Å². The van der Waals surface area contributed by atoms with Crippen molar-refractivity contribution < 1.29 is 23.0 Å². The van der Waals surface area contributed by atoms with E-state index in [9.17, 15) is 13.6 Å². The minimum absolute atomic E-state index is 0.177. The molecule has 1 aliphatic heterocycles. The zero-order chi connectivity index (χ0) is 17.6. The third-order valence-corrected chi connectivity index (χ3v) is 5.83. The smallest absolute Gasteiger partial charge is 0.339 e. The van der Waals surface area contributed by atoms with Gasteiger partial charge in [-0.2, -0.15) is 4.39 Å². The Hall–Kier alpha value is -1.75. The molecule has 134 valence electrons. The molecule has 1 saturated carbocycles. The quantitative estimate of drug-likeness (QED) is 0.439. The number of hydrogen-bond acceptors (Lipinski definition) is 3. The van der Waals surface area contributed by atoms with Gasteiger partial charge in [-0.1, -0.05) is 25.8 Å². The molecular weight excluding hydrogens is 326 g/mol. The third kappa shape index (κ3) is 2.99. The normalized spacial score (nSPS) is 30.1. The number of rotatable bonds is 5. The summed E-state index contributed by atoms with van der Waals surface area (Å²) in [6.45, 7) is 2.57. The molecule has 2 fully saturated rings. The molecule has 1 aromatic carbocycles. The van der Waals surface area contributed by atoms with Crippen LogP contribution in [-0.4, -0.2) is 12.6 Å². The van der Waals surface area contributed by atoms with Crippen molar-refractivity contribution in [3.05, 3.63) is 41.0 Å². The zero-order valence-corrected chi connectivity index (χ0v) is 14.3.